The van der Waals surface area contributed by atoms with Crippen molar-refractivity contribution in [2.45, 2.75) is 32.1 Å². The third kappa shape index (κ3) is 9.86. The molecule has 2 aliphatic rings. The fourth-order valence-corrected chi connectivity index (χ4v) is 3.71. The van der Waals surface area contributed by atoms with Crippen molar-refractivity contribution in [2.75, 3.05) is 40.4 Å². The predicted molar refractivity (Wildman–Crippen MR) is 128 cm³/mol. The van der Waals surface area contributed by atoms with Crippen LogP contribution in [-0.2, 0) is 14.3 Å². The van der Waals surface area contributed by atoms with Crippen molar-refractivity contribution in [1.82, 2.24) is 9.80 Å². The van der Waals surface area contributed by atoms with E-state index in [0.29, 0.717) is 18.1 Å². The maximum Gasteiger partial charge on any atom is 0.328 e. The number of amidine groups is 1. The largest absolute Gasteiger partial charge is 0.478 e. The van der Waals surface area contributed by atoms with Crippen LogP contribution in [0.2, 0.25) is 0 Å². The first kappa shape index (κ1) is 26.1. The number of guanidine groups is 1. The van der Waals surface area contributed by atoms with E-state index >= 15 is 0 Å². The van der Waals surface area contributed by atoms with Crippen LogP contribution in [0.5, 0.6) is 0 Å². The molecule has 0 spiro atoms. The van der Waals surface area contributed by atoms with Crippen LogP contribution in [0.3, 0.4) is 0 Å². The van der Waals surface area contributed by atoms with Crippen molar-refractivity contribution < 1.29 is 24.5 Å². The second kappa shape index (κ2) is 14.1. The average Bonchev–Trinajstić information content (AvgIpc) is 2.82. The van der Waals surface area contributed by atoms with E-state index in [9.17, 15) is 9.59 Å². The lowest BCUT2D eigenvalue weighted by molar-refractivity contribution is -0.134. The highest BCUT2D eigenvalue weighted by Gasteiger charge is 2.23. The Hall–Kier alpha value is -3.20. The molecule has 0 amide bonds. The van der Waals surface area contributed by atoms with Gasteiger partial charge in [0.1, 0.15) is 5.84 Å². The molecule has 1 saturated carbocycles. The highest BCUT2D eigenvalue weighted by atomic mass is 16.5. The maximum absolute atomic E-state index is 9.55. The molecular formula is C24H34N4O5. The molecule has 1 aliphatic carbocycles. The summed E-state index contributed by atoms with van der Waals surface area (Å²) in [7, 11) is 4.21. The van der Waals surface area contributed by atoms with E-state index < -0.39 is 11.9 Å². The van der Waals surface area contributed by atoms with Gasteiger partial charge in [0.2, 0.25) is 5.96 Å². The van der Waals surface area contributed by atoms with E-state index in [2.05, 4.69) is 23.9 Å². The minimum atomic E-state index is -1.26. The number of aliphatic carboxylic acids is 2. The molecule has 0 radical (unpaired) electrons. The maximum atomic E-state index is 9.55. The first-order valence-corrected chi connectivity index (χ1v) is 11.2. The molecule has 0 bridgehead atoms. The Balaban J connectivity index is 0.000000414. The fourth-order valence-electron chi connectivity index (χ4n) is 3.71. The molecule has 1 heterocycles. The van der Waals surface area contributed by atoms with Crippen molar-refractivity contribution >= 4 is 29.4 Å². The Morgan fingerprint density at radius 1 is 1.00 bits per heavy atom. The molecule has 0 unspecified atom stereocenters. The van der Waals surface area contributed by atoms with Crippen LogP contribution in [0.4, 0.5) is 5.69 Å². The number of para-hydroxylation sites is 1. The second-order valence-electron chi connectivity index (χ2n) is 8.06. The zero-order chi connectivity index (χ0) is 24.1. The summed E-state index contributed by atoms with van der Waals surface area (Å²) < 4.78 is 5.51. The van der Waals surface area contributed by atoms with Gasteiger partial charge in [0.25, 0.3) is 0 Å². The van der Waals surface area contributed by atoms with Gasteiger partial charge < -0.3 is 24.7 Å². The predicted octanol–water partition coefficient (Wildman–Crippen LogP) is 3.26. The van der Waals surface area contributed by atoms with Gasteiger partial charge in [-0.25, -0.2) is 14.6 Å². The number of ether oxygens (including phenoxy) is 1. The topological polar surface area (TPSA) is 115 Å². The van der Waals surface area contributed by atoms with E-state index in [1.807, 2.05) is 30.3 Å². The van der Waals surface area contributed by atoms with Crippen molar-refractivity contribution in [1.29, 1.82) is 0 Å². The smallest absolute Gasteiger partial charge is 0.328 e. The van der Waals surface area contributed by atoms with Gasteiger partial charge in [-0.2, -0.15) is 4.99 Å². The number of nitrogens with zero attached hydrogens (tertiary/aromatic N) is 4. The molecule has 1 aromatic carbocycles. The van der Waals surface area contributed by atoms with Crippen LogP contribution < -0.4 is 0 Å². The van der Waals surface area contributed by atoms with Crippen LogP contribution in [0, 0.1) is 5.92 Å². The Morgan fingerprint density at radius 3 is 2.09 bits per heavy atom. The highest BCUT2D eigenvalue weighted by molar-refractivity contribution is 5.98. The highest BCUT2D eigenvalue weighted by Crippen LogP contribution is 2.26. The number of hydrogen-bond acceptors (Lipinski definition) is 4. The van der Waals surface area contributed by atoms with E-state index in [1.165, 1.54) is 37.9 Å². The van der Waals surface area contributed by atoms with Crippen LogP contribution in [-0.4, -0.2) is 84.1 Å². The first-order chi connectivity index (χ1) is 15.9. The fraction of sp³-hybridized carbons (Fsp3) is 0.500. The standard InChI is InChI=1S/C20H30N4O.C4H4O4/c1-23(2)19(17-9-5-3-6-10-17)22-20(24-13-15-25-16-14-24)21-18-11-7-4-8-12-18;5-3(6)1-2-4(7)8/h4,7-8,11-12,17H,3,5-6,9-10,13-16H2,1-2H3;1-2H,(H,5,6)(H,7,8)/b;2-1+. The van der Waals surface area contributed by atoms with Crippen LogP contribution in [0.25, 0.3) is 0 Å². The van der Waals surface area contributed by atoms with Gasteiger partial charge in [-0.15, -0.1) is 0 Å². The summed E-state index contributed by atoms with van der Waals surface area (Å²) in [6, 6.07) is 10.1. The van der Waals surface area contributed by atoms with Crippen molar-refractivity contribution in [3.05, 3.63) is 42.5 Å². The molecule has 0 atom stereocenters. The van der Waals surface area contributed by atoms with Gasteiger partial charge in [-0.05, 0) is 25.0 Å². The summed E-state index contributed by atoms with van der Waals surface area (Å²) in [4.78, 5) is 33.5. The number of morpholine rings is 1. The minimum Gasteiger partial charge on any atom is -0.478 e. The zero-order valence-corrected chi connectivity index (χ0v) is 19.4. The van der Waals surface area contributed by atoms with E-state index in [0.717, 1.165) is 38.0 Å². The van der Waals surface area contributed by atoms with Gasteiger partial charge in [-0.3, -0.25) is 0 Å². The summed E-state index contributed by atoms with van der Waals surface area (Å²) in [6.07, 6.45) is 7.55. The molecule has 1 aliphatic heterocycles. The van der Waals surface area contributed by atoms with Gasteiger partial charge in [0.15, 0.2) is 0 Å². The molecule has 0 aromatic heterocycles. The lowest BCUT2D eigenvalue weighted by Crippen LogP contribution is -2.42. The van der Waals surface area contributed by atoms with Crippen molar-refractivity contribution in [3.63, 3.8) is 0 Å². The van der Waals surface area contributed by atoms with Crippen LogP contribution in [0.1, 0.15) is 32.1 Å². The number of carbonyl (C=O) groups is 2. The number of aliphatic imine (C=N–C) groups is 2. The number of carboxylic acids is 2. The first-order valence-electron chi connectivity index (χ1n) is 11.2. The minimum absolute atomic E-state index is 0.547. The summed E-state index contributed by atoms with van der Waals surface area (Å²) >= 11 is 0. The summed E-state index contributed by atoms with van der Waals surface area (Å²) in [5.41, 5.74) is 0.953. The monoisotopic (exact) mass is 458 g/mol. The molecule has 2 N–H and O–H groups in total. The third-order valence-electron chi connectivity index (χ3n) is 5.29. The Labute approximate surface area is 195 Å². The Kier molecular flexibility index (Phi) is 11.1. The molecule has 33 heavy (non-hydrogen) atoms. The van der Waals surface area contributed by atoms with E-state index in [-0.39, 0.29) is 0 Å². The molecular weight excluding hydrogens is 424 g/mol. The zero-order valence-electron chi connectivity index (χ0n) is 19.4. The SMILES string of the molecule is CN(C)C(=NC(=Nc1ccccc1)N1CCOCC1)C1CCCCC1.O=C(O)/C=C/C(=O)O. The second-order valence-corrected chi connectivity index (χ2v) is 8.06. The van der Waals surface area contributed by atoms with E-state index in [4.69, 9.17) is 24.9 Å². The van der Waals surface area contributed by atoms with Gasteiger partial charge in [0.05, 0.1) is 18.9 Å². The molecule has 2 fully saturated rings. The number of hydrogen-bond donors (Lipinski definition) is 2. The van der Waals surface area contributed by atoms with Gasteiger partial charge in [0, 0.05) is 45.3 Å². The molecule has 180 valence electrons. The molecule has 1 aromatic rings. The van der Waals surface area contributed by atoms with Crippen LogP contribution in [0.15, 0.2) is 52.5 Å². The lowest BCUT2D eigenvalue weighted by Gasteiger charge is -2.31. The molecule has 3 rings (SSSR count). The normalized spacial score (nSPS) is 17.9. The Morgan fingerprint density at radius 2 is 1.58 bits per heavy atom. The van der Waals surface area contributed by atoms with Crippen molar-refractivity contribution in [3.8, 4) is 0 Å². The number of rotatable bonds is 4. The quantitative estimate of drug-likeness (QED) is 0.404. The third-order valence-corrected chi connectivity index (χ3v) is 5.29. The number of benzene rings is 1. The average molecular weight is 459 g/mol. The Bertz CT molecular complexity index is 824. The molecule has 9 heteroatoms. The van der Waals surface area contributed by atoms with Gasteiger partial charge >= 0.3 is 11.9 Å². The van der Waals surface area contributed by atoms with E-state index in [1.54, 1.807) is 0 Å². The van der Waals surface area contributed by atoms with Gasteiger partial charge in [-0.1, -0.05) is 37.5 Å². The van der Waals surface area contributed by atoms with Crippen molar-refractivity contribution in [2.24, 2.45) is 15.9 Å². The molecule has 1 saturated heterocycles. The molecule has 9 nitrogen and oxygen atoms in total. The summed E-state index contributed by atoms with van der Waals surface area (Å²) in [6.45, 7) is 3.18. The van der Waals surface area contributed by atoms with Crippen LogP contribution >= 0.6 is 0 Å². The summed E-state index contributed by atoms with van der Waals surface area (Å²) in [5, 5.41) is 15.6. The summed E-state index contributed by atoms with van der Waals surface area (Å²) in [5.74, 6) is 0.0233. The lowest BCUT2D eigenvalue weighted by atomic mass is 9.88. The number of carboxylic acid groups (broad SMARTS) is 2.